The van der Waals surface area contributed by atoms with Crippen LogP contribution in [0.15, 0.2) is 12.1 Å². The zero-order valence-electron chi connectivity index (χ0n) is 10.4. The van der Waals surface area contributed by atoms with Crippen molar-refractivity contribution in [3.63, 3.8) is 0 Å². The molecule has 0 spiro atoms. The molecule has 104 valence electrons. The van der Waals surface area contributed by atoms with E-state index in [0.29, 0.717) is 0 Å². The number of halogens is 1. The van der Waals surface area contributed by atoms with Gasteiger partial charge in [-0.3, -0.25) is 19.1 Å². The summed E-state index contributed by atoms with van der Waals surface area (Å²) in [4.78, 5) is 21.7. The average Bonchev–Trinajstić information content (AvgIpc) is 2.31. The quantitative estimate of drug-likeness (QED) is 0.650. The van der Waals surface area contributed by atoms with Gasteiger partial charge in [0, 0.05) is 41.5 Å². The molecule has 0 bridgehead atoms. The summed E-state index contributed by atoms with van der Waals surface area (Å²) in [5, 5.41) is 13.0. The Morgan fingerprint density at radius 3 is 2.68 bits per heavy atom. The summed E-state index contributed by atoms with van der Waals surface area (Å²) >= 11 is 0. The highest BCUT2D eigenvalue weighted by molar-refractivity contribution is 7.84. The summed E-state index contributed by atoms with van der Waals surface area (Å²) < 4.78 is 24.6. The molecule has 1 N–H and O–H groups in total. The van der Waals surface area contributed by atoms with Crippen molar-refractivity contribution in [2.75, 3.05) is 18.6 Å². The highest BCUT2D eigenvalue weighted by Gasteiger charge is 2.19. The Morgan fingerprint density at radius 2 is 2.16 bits per heavy atom. The Kier molecular flexibility index (Phi) is 5.11. The van der Waals surface area contributed by atoms with E-state index in [0.717, 1.165) is 12.1 Å². The Balaban J connectivity index is 2.95. The predicted octanol–water partition coefficient (Wildman–Crippen LogP) is 1.15. The number of aryl methyl sites for hydroxylation is 1. The van der Waals surface area contributed by atoms with Crippen LogP contribution in [-0.2, 0) is 10.8 Å². The Labute approximate surface area is 111 Å². The fourth-order valence-electron chi connectivity index (χ4n) is 1.42. The van der Waals surface area contributed by atoms with Crippen LogP contribution in [0, 0.1) is 22.9 Å². The molecule has 0 saturated carbocycles. The van der Waals surface area contributed by atoms with Crippen molar-refractivity contribution in [2.24, 2.45) is 0 Å². The lowest BCUT2D eigenvalue weighted by Gasteiger charge is -2.07. The maximum atomic E-state index is 13.7. The summed E-state index contributed by atoms with van der Waals surface area (Å²) in [7, 11) is -1.08. The molecule has 0 saturated heterocycles. The number of nitro groups is 1. The molecule has 0 aromatic heterocycles. The molecule has 0 heterocycles. The Hall–Kier alpha value is -1.83. The van der Waals surface area contributed by atoms with E-state index in [1.54, 1.807) is 0 Å². The van der Waals surface area contributed by atoms with Crippen molar-refractivity contribution in [1.29, 1.82) is 0 Å². The van der Waals surface area contributed by atoms with Crippen molar-refractivity contribution < 1.29 is 18.3 Å². The van der Waals surface area contributed by atoms with Gasteiger partial charge >= 0.3 is 0 Å². The van der Waals surface area contributed by atoms with Gasteiger partial charge in [0.05, 0.1) is 10.5 Å². The molecule has 1 aromatic rings. The molecule has 0 radical (unpaired) electrons. The van der Waals surface area contributed by atoms with Crippen LogP contribution in [0.2, 0.25) is 0 Å². The van der Waals surface area contributed by atoms with Crippen LogP contribution in [0.4, 0.5) is 10.1 Å². The third-order valence-corrected chi connectivity index (χ3v) is 3.15. The van der Waals surface area contributed by atoms with E-state index < -0.39 is 27.4 Å². The van der Waals surface area contributed by atoms with E-state index in [1.807, 2.05) is 0 Å². The van der Waals surface area contributed by atoms with Crippen LogP contribution in [0.5, 0.6) is 0 Å². The van der Waals surface area contributed by atoms with Crippen LogP contribution >= 0.6 is 0 Å². The van der Waals surface area contributed by atoms with Gasteiger partial charge in [-0.2, -0.15) is 0 Å². The topological polar surface area (TPSA) is 89.3 Å². The molecule has 0 aliphatic heterocycles. The zero-order valence-corrected chi connectivity index (χ0v) is 11.3. The molecule has 1 unspecified atom stereocenters. The summed E-state index contributed by atoms with van der Waals surface area (Å²) in [5.41, 5.74) is -0.699. The number of nitro benzene ring substituents is 1. The number of nitrogens with zero attached hydrogens (tertiary/aromatic N) is 1. The second kappa shape index (κ2) is 6.37. The summed E-state index contributed by atoms with van der Waals surface area (Å²) in [6.45, 7) is 1.46. The molecule has 0 aliphatic rings. The number of non-ortho nitro benzene ring substituents is 1. The van der Waals surface area contributed by atoms with Crippen LogP contribution in [0.3, 0.4) is 0 Å². The first-order chi connectivity index (χ1) is 8.82. The maximum Gasteiger partial charge on any atom is 0.270 e. The minimum atomic E-state index is -1.08. The molecular weight excluding hydrogens is 275 g/mol. The van der Waals surface area contributed by atoms with Crippen molar-refractivity contribution >= 4 is 22.4 Å². The van der Waals surface area contributed by atoms with E-state index in [4.69, 9.17) is 0 Å². The lowest BCUT2D eigenvalue weighted by Crippen LogP contribution is -2.28. The number of amides is 1. The monoisotopic (exact) mass is 288 g/mol. The second-order valence-corrected chi connectivity index (χ2v) is 5.47. The van der Waals surface area contributed by atoms with Gasteiger partial charge in [0.2, 0.25) is 0 Å². The number of carbonyl (C=O) groups is 1. The molecule has 0 aliphatic carbocycles. The van der Waals surface area contributed by atoms with Crippen LogP contribution in [-0.4, -0.2) is 33.6 Å². The maximum absolute atomic E-state index is 13.7. The molecule has 6 nitrogen and oxygen atoms in total. The first-order valence-corrected chi connectivity index (χ1v) is 7.08. The van der Waals surface area contributed by atoms with E-state index in [2.05, 4.69) is 5.32 Å². The lowest BCUT2D eigenvalue weighted by molar-refractivity contribution is -0.385. The van der Waals surface area contributed by atoms with Crippen LogP contribution in [0.1, 0.15) is 15.9 Å². The number of nitrogens with one attached hydrogen (secondary N) is 1. The predicted molar refractivity (Wildman–Crippen MR) is 69.1 cm³/mol. The van der Waals surface area contributed by atoms with Crippen molar-refractivity contribution in [3.8, 4) is 0 Å². The van der Waals surface area contributed by atoms with E-state index >= 15 is 0 Å². The summed E-state index contributed by atoms with van der Waals surface area (Å²) in [6, 6.07) is 1.95. The molecular formula is C11H13FN2O4S. The third-order valence-electron chi connectivity index (χ3n) is 2.37. The fourth-order valence-corrected chi connectivity index (χ4v) is 1.81. The zero-order chi connectivity index (χ0) is 14.6. The number of rotatable bonds is 5. The molecule has 1 atom stereocenters. The van der Waals surface area contributed by atoms with Gasteiger partial charge in [-0.15, -0.1) is 0 Å². The molecule has 19 heavy (non-hydrogen) atoms. The Morgan fingerprint density at radius 1 is 1.53 bits per heavy atom. The van der Waals surface area contributed by atoms with Crippen molar-refractivity contribution in [2.45, 2.75) is 6.92 Å². The Bertz CT molecular complexity index is 548. The minimum absolute atomic E-state index is 0.0263. The van der Waals surface area contributed by atoms with E-state index in [1.165, 1.54) is 13.2 Å². The highest BCUT2D eigenvalue weighted by Crippen LogP contribution is 2.20. The molecule has 1 aromatic carbocycles. The van der Waals surface area contributed by atoms with Gasteiger partial charge in [-0.1, -0.05) is 0 Å². The summed E-state index contributed by atoms with van der Waals surface area (Å²) in [6.07, 6.45) is 1.48. The largest absolute Gasteiger partial charge is 0.351 e. The fraction of sp³-hybridized carbons (Fsp3) is 0.364. The lowest BCUT2D eigenvalue weighted by atomic mass is 10.1. The van der Waals surface area contributed by atoms with Crippen molar-refractivity contribution in [1.82, 2.24) is 5.32 Å². The van der Waals surface area contributed by atoms with Crippen LogP contribution < -0.4 is 5.32 Å². The van der Waals surface area contributed by atoms with E-state index in [9.17, 15) is 23.5 Å². The molecule has 0 fully saturated rings. The highest BCUT2D eigenvalue weighted by atomic mass is 32.2. The first kappa shape index (κ1) is 15.2. The number of carbonyl (C=O) groups excluding carboxylic acids is 1. The SMILES string of the molecule is Cc1cc([N+](=O)[O-])cc(C(=O)NCCS(C)=O)c1F. The number of hydrogen-bond acceptors (Lipinski definition) is 4. The minimum Gasteiger partial charge on any atom is -0.351 e. The molecule has 8 heteroatoms. The standard InChI is InChI=1S/C11H13FN2O4S/c1-7-5-8(14(16)17)6-9(10(7)12)11(15)13-3-4-19(2)18/h5-6H,3-4H2,1-2H3,(H,13,15). The van der Waals surface area contributed by atoms with E-state index in [-0.39, 0.29) is 29.1 Å². The number of hydrogen-bond donors (Lipinski definition) is 1. The van der Waals surface area contributed by atoms with Gasteiger partial charge in [-0.05, 0) is 12.5 Å². The van der Waals surface area contributed by atoms with Gasteiger partial charge in [0.15, 0.2) is 0 Å². The second-order valence-electron chi connectivity index (χ2n) is 3.91. The van der Waals surface area contributed by atoms with Gasteiger partial charge < -0.3 is 5.32 Å². The first-order valence-electron chi connectivity index (χ1n) is 5.35. The normalized spacial score (nSPS) is 11.9. The van der Waals surface area contributed by atoms with Gasteiger partial charge in [-0.25, -0.2) is 4.39 Å². The summed E-state index contributed by atoms with van der Waals surface area (Å²) in [5.74, 6) is -1.31. The average molecular weight is 288 g/mol. The number of benzene rings is 1. The van der Waals surface area contributed by atoms with Gasteiger partial charge in [0.1, 0.15) is 5.82 Å². The van der Waals surface area contributed by atoms with Gasteiger partial charge in [0.25, 0.3) is 11.6 Å². The third kappa shape index (κ3) is 4.09. The smallest absolute Gasteiger partial charge is 0.270 e. The van der Waals surface area contributed by atoms with Crippen LogP contribution in [0.25, 0.3) is 0 Å². The molecule has 1 rings (SSSR count). The molecule has 1 amide bonds. The van der Waals surface area contributed by atoms with Crippen molar-refractivity contribution in [3.05, 3.63) is 39.2 Å².